The van der Waals surface area contributed by atoms with Crippen molar-refractivity contribution in [2.75, 3.05) is 14.2 Å². The fourth-order valence-electron chi connectivity index (χ4n) is 2.39. The molecule has 27 heavy (non-hydrogen) atoms. The molecular formula is C21H30IN3O2. The minimum atomic E-state index is 0. The molecule has 2 N–H and O–H groups in total. The second-order valence-electron chi connectivity index (χ2n) is 6.31. The molecule has 2 rings (SSSR count). The Hall–Kier alpha value is -1.80. The Balaban J connectivity index is 0.00000364. The Morgan fingerprint density at radius 1 is 0.963 bits per heavy atom. The lowest BCUT2D eigenvalue weighted by atomic mass is 10.1. The van der Waals surface area contributed by atoms with Crippen LogP contribution in [-0.2, 0) is 24.4 Å². The van der Waals surface area contributed by atoms with Crippen molar-refractivity contribution in [3.8, 4) is 5.75 Å². The largest absolute Gasteiger partial charge is 0.497 e. The van der Waals surface area contributed by atoms with Gasteiger partial charge in [0.2, 0.25) is 0 Å². The fraction of sp³-hybridized carbons (Fsp3) is 0.381. The molecule has 0 bridgehead atoms. The molecule has 6 heteroatoms. The van der Waals surface area contributed by atoms with Crippen LogP contribution in [-0.4, -0.2) is 26.2 Å². The number of hydrogen-bond acceptors (Lipinski definition) is 3. The van der Waals surface area contributed by atoms with Crippen LogP contribution in [0.2, 0.25) is 0 Å². The van der Waals surface area contributed by atoms with Crippen LogP contribution in [0.3, 0.4) is 0 Å². The van der Waals surface area contributed by atoms with E-state index in [2.05, 4.69) is 46.0 Å². The predicted molar refractivity (Wildman–Crippen MR) is 122 cm³/mol. The standard InChI is InChI=1S/C21H29N3O2.HI/c1-16(2)26-15-18-10-8-17(9-11-18)13-23-21(22-3)24-14-19-6-5-7-20(12-19)25-4;/h5-12,16H,13-15H2,1-4H3,(H2,22,23,24);1H. The molecule has 0 aliphatic rings. The molecule has 2 aromatic carbocycles. The average molecular weight is 483 g/mol. The smallest absolute Gasteiger partial charge is 0.191 e. The summed E-state index contributed by atoms with van der Waals surface area (Å²) in [6.07, 6.45) is 0.246. The van der Waals surface area contributed by atoms with Gasteiger partial charge in [-0.05, 0) is 42.7 Å². The van der Waals surface area contributed by atoms with Crippen molar-refractivity contribution in [1.82, 2.24) is 10.6 Å². The first-order chi connectivity index (χ1) is 12.6. The zero-order chi connectivity index (χ0) is 18.8. The molecule has 0 aliphatic carbocycles. The summed E-state index contributed by atoms with van der Waals surface area (Å²) in [5, 5.41) is 6.65. The third-order valence-corrected chi connectivity index (χ3v) is 3.88. The number of guanidine groups is 1. The van der Waals surface area contributed by atoms with Gasteiger partial charge in [0, 0.05) is 20.1 Å². The van der Waals surface area contributed by atoms with Gasteiger partial charge in [0.25, 0.3) is 0 Å². The molecule has 5 nitrogen and oxygen atoms in total. The van der Waals surface area contributed by atoms with Crippen LogP contribution in [0.15, 0.2) is 53.5 Å². The summed E-state index contributed by atoms with van der Waals surface area (Å²) in [5.41, 5.74) is 3.52. The maximum absolute atomic E-state index is 5.62. The minimum absolute atomic E-state index is 0. The number of nitrogens with zero attached hydrogens (tertiary/aromatic N) is 1. The number of aliphatic imine (C=N–C) groups is 1. The van der Waals surface area contributed by atoms with E-state index in [-0.39, 0.29) is 30.1 Å². The van der Waals surface area contributed by atoms with Crippen molar-refractivity contribution in [2.45, 2.75) is 39.6 Å². The van der Waals surface area contributed by atoms with Crippen molar-refractivity contribution in [1.29, 1.82) is 0 Å². The van der Waals surface area contributed by atoms with Crippen LogP contribution in [0, 0.1) is 0 Å². The first-order valence-corrected chi connectivity index (χ1v) is 8.87. The molecule has 0 atom stereocenters. The quantitative estimate of drug-likeness (QED) is 0.337. The first kappa shape index (κ1) is 23.2. The Morgan fingerprint density at radius 3 is 2.19 bits per heavy atom. The summed E-state index contributed by atoms with van der Waals surface area (Å²) in [6.45, 7) is 6.13. The summed E-state index contributed by atoms with van der Waals surface area (Å²) in [4.78, 5) is 4.27. The van der Waals surface area contributed by atoms with E-state index in [1.807, 2.05) is 32.0 Å². The highest BCUT2D eigenvalue weighted by Crippen LogP contribution is 2.12. The molecule has 0 aromatic heterocycles. The maximum Gasteiger partial charge on any atom is 0.191 e. The zero-order valence-corrected chi connectivity index (χ0v) is 18.8. The van der Waals surface area contributed by atoms with Gasteiger partial charge < -0.3 is 20.1 Å². The molecule has 0 spiro atoms. The second kappa shape index (κ2) is 12.6. The van der Waals surface area contributed by atoms with E-state index in [0.717, 1.165) is 17.3 Å². The number of methoxy groups -OCH3 is 1. The summed E-state index contributed by atoms with van der Waals surface area (Å²) in [6, 6.07) is 16.4. The number of halogens is 1. The number of nitrogens with one attached hydrogen (secondary N) is 2. The monoisotopic (exact) mass is 483 g/mol. The lowest BCUT2D eigenvalue weighted by Gasteiger charge is -2.13. The molecule has 0 unspecified atom stereocenters. The number of rotatable bonds is 8. The van der Waals surface area contributed by atoms with E-state index in [1.54, 1.807) is 14.2 Å². The molecule has 0 heterocycles. The lowest BCUT2D eigenvalue weighted by molar-refractivity contribution is 0.0657. The van der Waals surface area contributed by atoms with Crippen LogP contribution in [0.25, 0.3) is 0 Å². The van der Waals surface area contributed by atoms with E-state index in [4.69, 9.17) is 9.47 Å². The molecule has 0 saturated heterocycles. The summed E-state index contributed by atoms with van der Waals surface area (Å²) in [7, 11) is 3.44. The van der Waals surface area contributed by atoms with Crippen LogP contribution >= 0.6 is 24.0 Å². The predicted octanol–water partition coefficient (Wildman–Crippen LogP) is 4.10. The first-order valence-electron chi connectivity index (χ1n) is 8.87. The highest BCUT2D eigenvalue weighted by Gasteiger charge is 2.01. The molecular weight excluding hydrogens is 453 g/mol. The van der Waals surface area contributed by atoms with E-state index < -0.39 is 0 Å². The van der Waals surface area contributed by atoms with Crippen LogP contribution in [0.1, 0.15) is 30.5 Å². The highest BCUT2D eigenvalue weighted by molar-refractivity contribution is 14.0. The molecule has 0 fully saturated rings. The molecule has 2 aromatic rings. The van der Waals surface area contributed by atoms with Gasteiger partial charge in [-0.25, -0.2) is 0 Å². The molecule has 0 amide bonds. The molecule has 0 radical (unpaired) electrons. The van der Waals surface area contributed by atoms with Crippen molar-refractivity contribution in [2.24, 2.45) is 4.99 Å². The second-order valence-corrected chi connectivity index (χ2v) is 6.31. The molecule has 0 saturated carbocycles. The Morgan fingerprint density at radius 2 is 1.59 bits per heavy atom. The van der Waals surface area contributed by atoms with Crippen LogP contribution < -0.4 is 15.4 Å². The van der Waals surface area contributed by atoms with Gasteiger partial charge in [0.15, 0.2) is 5.96 Å². The van der Waals surface area contributed by atoms with Gasteiger partial charge in [-0.1, -0.05) is 36.4 Å². The lowest BCUT2D eigenvalue weighted by Crippen LogP contribution is -2.36. The number of hydrogen-bond donors (Lipinski definition) is 2. The third-order valence-electron chi connectivity index (χ3n) is 3.88. The van der Waals surface area contributed by atoms with Gasteiger partial charge in [-0.15, -0.1) is 24.0 Å². The van der Waals surface area contributed by atoms with Crippen LogP contribution in [0.4, 0.5) is 0 Å². The normalized spacial score (nSPS) is 11.1. The number of benzene rings is 2. The van der Waals surface area contributed by atoms with Crippen molar-refractivity contribution in [3.05, 3.63) is 65.2 Å². The Bertz CT molecular complexity index is 703. The van der Waals surface area contributed by atoms with Crippen molar-refractivity contribution >= 4 is 29.9 Å². The topological polar surface area (TPSA) is 54.9 Å². The van der Waals surface area contributed by atoms with Crippen molar-refractivity contribution < 1.29 is 9.47 Å². The minimum Gasteiger partial charge on any atom is -0.497 e. The van der Waals surface area contributed by atoms with Gasteiger partial charge in [-0.3, -0.25) is 4.99 Å². The Kier molecular flexibility index (Phi) is 10.8. The maximum atomic E-state index is 5.62. The average Bonchev–Trinajstić information content (AvgIpc) is 2.67. The van der Waals surface area contributed by atoms with E-state index in [9.17, 15) is 0 Å². The third kappa shape index (κ3) is 8.62. The SMILES string of the molecule is CN=C(NCc1ccc(COC(C)C)cc1)NCc1cccc(OC)c1.I. The van der Waals surface area contributed by atoms with Gasteiger partial charge in [0.05, 0.1) is 19.8 Å². The van der Waals surface area contributed by atoms with E-state index in [1.165, 1.54) is 11.1 Å². The van der Waals surface area contributed by atoms with Gasteiger partial charge >= 0.3 is 0 Å². The molecule has 148 valence electrons. The van der Waals surface area contributed by atoms with Crippen molar-refractivity contribution in [3.63, 3.8) is 0 Å². The van der Waals surface area contributed by atoms with E-state index >= 15 is 0 Å². The molecule has 0 aliphatic heterocycles. The summed E-state index contributed by atoms with van der Waals surface area (Å²) < 4.78 is 10.9. The van der Waals surface area contributed by atoms with Gasteiger partial charge in [-0.2, -0.15) is 0 Å². The summed E-state index contributed by atoms with van der Waals surface area (Å²) >= 11 is 0. The van der Waals surface area contributed by atoms with E-state index in [0.29, 0.717) is 19.7 Å². The zero-order valence-electron chi connectivity index (χ0n) is 16.5. The Labute approximate surface area is 179 Å². The van der Waals surface area contributed by atoms with Gasteiger partial charge in [0.1, 0.15) is 5.75 Å². The highest BCUT2D eigenvalue weighted by atomic mass is 127. The fourth-order valence-corrected chi connectivity index (χ4v) is 2.39. The number of ether oxygens (including phenoxy) is 2. The summed E-state index contributed by atoms with van der Waals surface area (Å²) in [5.74, 6) is 1.62. The van der Waals surface area contributed by atoms with Crippen LogP contribution in [0.5, 0.6) is 5.75 Å².